The van der Waals surface area contributed by atoms with Crippen LogP contribution >= 0.6 is 0 Å². The summed E-state index contributed by atoms with van der Waals surface area (Å²) >= 11 is 0. The van der Waals surface area contributed by atoms with Gasteiger partial charge in [-0.1, -0.05) is 25.0 Å². The number of aromatic nitrogens is 1. The number of hydrogen-bond acceptors (Lipinski definition) is 4. The van der Waals surface area contributed by atoms with Gasteiger partial charge in [-0.3, -0.25) is 0 Å². The summed E-state index contributed by atoms with van der Waals surface area (Å²) in [5, 5.41) is 3.20. The van der Waals surface area contributed by atoms with Crippen molar-refractivity contribution >= 4 is 17.1 Å². The molecule has 2 aromatic rings. The number of nitrogens with two attached hydrogens (primary N) is 1. The molecule has 0 bridgehead atoms. The minimum Gasteiger partial charge on any atom is -0.424 e. The van der Waals surface area contributed by atoms with E-state index in [1.54, 1.807) is 0 Å². The third-order valence-corrected chi connectivity index (χ3v) is 2.70. The number of benzene rings is 1. The van der Waals surface area contributed by atoms with E-state index in [2.05, 4.69) is 10.3 Å². The molecule has 0 amide bonds. The van der Waals surface area contributed by atoms with Crippen molar-refractivity contribution in [3.63, 3.8) is 0 Å². The Hall–Kier alpha value is -1.55. The Labute approximate surface area is 101 Å². The fourth-order valence-electron chi connectivity index (χ4n) is 1.77. The summed E-state index contributed by atoms with van der Waals surface area (Å²) in [6, 6.07) is 8.40. The molecule has 3 N–H and O–H groups in total. The average Bonchev–Trinajstić information content (AvgIpc) is 2.76. The van der Waals surface area contributed by atoms with E-state index in [1.165, 1.54) is 12.8 Å². The molecule has 0 fully saturated rings. The molecule has 4 heteroatoms. The minimum atomic E-state index is 0.616. The quantitative estimate of drug-likeness (QED) is 0.722. The van der Waals surface area contributed by atoms with Crippen LogP contribution in [0.25, 0.3) is 11.1 Å². The molecular formula is C13H19N3O. The van der Waals surface area contributed by atoms with Crippen molar-refractivity contribution < 1.29 is 4.42 Å². The van der Waals surface area contributed by atoms with Crippen LogP contribution in [-0.2, 0) is 0 Å². The van der Waals surface area contributed by atoms with E-state index in [0.29, 0.717) is 6.01 Å². The number of hydrogen-bond donors (Lipinski definition) is 2. The van der Waals surface area contributed by atoms with Crippen LogP contribution < -0.4 is 11.1 Å². The van der Waals surface area contributed by atoms with Crippen molar-refractivity contribution in [2.75, 3.05) is 18.4 Å². The van der Waals surface area contributed by atoms with E-state index in [-0.39, 0.29) is 0 Å². The van der Waals surface area contributed by atoms with E-state index in [4.69, 9.17) is 10.2 Å². The maximum absolute atomic E-state index is 5.55. The SMILES string of the molecule is NCCCCCCNc1nc2ccccc2o1. The highest BCUT2D eigenvalue weighted by Gasteiger charge is 2.02. The lowest BCUT2D eigenvalue weighted by Gasteiger charge is -2.00. The number of fused-ring (bicyclic) bond motifs is 1. The molecule has 4 nitrogen and oxygen atoms in total. The van der Waals surface area contributed by atoms with Crippen molar-refractivity contribution in [3.8, 4) is 0 Å². The predicted octanol–water partition coefficient (Wildman–Crippen LogP) is 2.76. The fraction of sp³-hybridized carbons (Fsp3) is 0.462. The second-order valence-electron chi connectivity index (χ2n) is 4.12. The molecule has 0 radical (unpaired) electrons. The summed E-state index contributed by atoms with van der Waals surface area (Å²) in [5.41, 5.74) is 7.17. The predicted molar refractivity (Wildman–Crippen MR) is 70.0 cm³/mol. The van der Waals surface area contributed by atoms with Gasteiger partial charge in [-0.2, -0.15) is 4.98 Å². The van der Waals surface area contributed by atoms with Gasteiger partial charge in [-0.15, -0.1) is 0 Å². The van der Waals surface area contributed by atoms with Crippen LogP contribution in [0.15, 0.2) is 28.7 Å². The molecule has 92 valence electrons. The van der Waals surface area contributed by atoms with Gasteiger partial charge in [0.1, 0.15) is 5.52 Å². The number of anilines is 1. The average molecular weight is 233 g/mol. The molecule has 0 aliphatic rings. The lowest BCUT2D eigenvalue weighted by atomic mass is 10.2. The summed E-state index contributed by atoms with van der Waals surface area (Å²) in [4.78, 5) is 4.35. The number of para-hydroxylation sites is 2. The van der Waals surface area contributed by atoms with Crippen LogP contribution in [-0.4, -0.2) is 18.1 Å². The van der Waals surface area contributed by atoms with Gasteiger partial charge in [0.2, 0.25) is 0 Å². The Kier molecular flexibility index (Phi) is 4.38. The Bertz CT molecular complexity index is 420. The van der Waals surface area contributed by atoms with Gasteiger partial charge in [0.25, 0.3) is 6.01 Å². The largest absolute Gasteiger partial charge is 0.424 e. The van der Waals surface area contributed by atoms with Gasteiger partial charge in [0.15, 0.2) is 5.58 Å². The summed E-state index contributed by atoms with van der Waals surface area (Å²) in [6.07, 6.45) is 4.64. The third-order valence-electron chi connectivity index (χ3n) is 2.70. The van der Waals surface area contributed by atoms with Gasteiger partial charge in [-0.25, -0.2) is 0 Å². The number of oxazole rings is 1. The van der Waals surface area contributed by atoms with Gasteiger partial charge in [0.05, 0.1) is 0 Å². The molecule has 0 saturated heterocycles. The van der Waals surface area contributed by atoms with Crippen molar-refractivity contribution in [2.45, 2.75) is 25.7 Å². The standard InChI is InChI=1S/C13H19N3O/c14-9-5-1-2-6-10-15-13-16-11-7-3-4-8-12(11)17-13/h3-4,7-8H,1-2,5-6,9-10,14H2,(H,15,16). The summed E-state index contributed by atoms with van der Waals surface area (Å²) < 4.78 is 5.55. The molecule has 1 aromatic heterocycles. The Morgan fingerprint density at radius 3 is 2.76 bits per heavy atom. The first-order valence-corrected chi connectivity index (χ1v) is 6.19. The van der Waals surface area contributed by atoms with Crippen LogP contribution in [0.3, 0.4) is 0 Å². The van der Waals surface area contributed by atoms with E-state index in [1.807, 2.05) is 24.3 Å². The highest BCUT2D eigenvalue weighted by molar-refractivity contribution is 5.74. The van der Waals surface area contributed by atoms with Crippen LogP contribution in [0.5, 0.6) is 0 Å². The minimum absolute atomic E-state index is 0.616. The lowest BCUT2D eigenvalue weighted by molar-refractivity contribution is 0.604. The molecule has 0 saturated carbocycles. The zero-order valence-electron chi connectivity index (χ0n) is 9.98. The molecule has 1 heterocycles. The Morgan fingerprint density at radius 1 is 1.12 bits per heavy atom. The monoisotopic (exact) mass is 233 g/mol. The molecule has 2 rings (SSSR count). The number of nitrogens with zero attached hydrogens (tertiary/aromatic N) is 1. The van der Waals surface area contributed by atoms with Gasteiger partial charge in [-0.05, 0) is 31.5 Å². The first-order chi connectivity index (χ1) is 8.40. The van der Waals surface area contributed by atoms with Crippen molar-refractivity contribution in [1.29, 1.82) is 0 Å². The lowest BCUT2D eigenvalue weighted by Crippen LogP contribution is -2.02. The molecule has 0 atom stereocenters. The van der Waals surface area contributed by atoms with Gasteiger partial charge >= 0.3 is 0 Å². The van der Waals surface area contributed by atoms with Gasteiger partial charge in [0, 0.05) is 6.54 Å². The fourth-order valence-corrected chi connectivity index (χ4v) is 1.77. The smallest absolute Gasteiger partial charge is 0.295 e. The topological polar surface area (TPSA) is 64.1 Å². The van der Waals surface area contributed by atoms with E-state index in [9.17, 15) is 0 Å². The van der Waals surface area contributed by atoms with E-state index in [0.717, 1.165) is 37.0 Å². The first kappa shape index (κ1) is 11.9. The molecule has 0 aliphatic carbocycles. The molecule has 0 spiro atoms. The maximum atomic E-state index is 5.55. The van der Waals surface area contributed by atoms with E-state index >= 15 is 0 Å². The van der Waals surface area contributed by atoms with Crippen LogP contribution in [0.2, 0.25) is 0 Å². The normalized spacial score (nSPS) is 10.9. The molecule has 17 heavy (non-hydrogen) atoms. The van der Waals surface area contributed by atoms with Gasteiger partial charge < -0.3 is 15.5 Å². The summed E-state index contributed by atoms with van der Waals surface area (Å²) in [6.45, 7) is 1.69. The first-order valence-electron chi connectivity index (χ1n) is 6.19. The number of unbranched alkanes of at least 4 members (excludes halogenated alkanes) is 3. The zero-order chi connectivity index (χ0) is 11.9. The Morgan fingerprint density at radius 2 is 1.94 bits per heavy atom. The second-order valence-corrected chi connectivity index (χ2v) is 4.12. The summed E-state index contributed by atoms with van der Waals surface area (Å²) in [5.74, 6) is 0. The Balaban J connectivity index is 1.75. The highest BCUT2D eigenvalue weighted by atomic mass is 16.4. The molecule has 0 aliphatic heterocycles. The molecular weight excluding hydrogens is 214 g/mol. The van der Waals surface area contributed by atoms with Crippen molar-refractivity contribution in [1.82, 2.24) is 4.98 Å². The highest BCUT2D eigenvalue weighted by Crippen LogP contribution is 2.17. The zero-order valence-corrected chi connectivity index (χ0v) is 9.98. The second kappa shape index (κ2) is 6.25. The third kappa shape index (κ3) is 3.46. The molecule has 0 unspecified atom stereocenters. The summed E-state index contributed by atoms with van der Waals surface area (Å²) in [7, 11) is 0. The molecule has 1 aromatic carbocycles. The van der Waals surface area contributed by atoms with Crippen LogP contribution in [0.1, 0.15) is 25.7 Å². The van der Waals surface area contributed by atoms with Crippen molar-refractivity contribution in [2.24, 2.45) is 5.73 Å². The van der Waals surface area contributed by atoms with E-state index < -0.39 is 0 Å². The van der Waals surface area contributed by atoms with Crippen LogP contribution in [0, 0.1) is 0 Å². The van der Waals surface area contributed by atoms with Crippen LogP contribution in [0.4, 0.5) is 6.01 Å². The number of rotatable bonds is 7. The number of nitrogens with one attached hydrogen (secondary N) is 1. The van der Waals surface area contributed by atoms with Crippen molar-refractivity contribution in [3.05, 3.63) is 24.3 Å². The maximum Gasteiger partial charge on any atom is 0.295 e.